The Labute approximate surface area is 331 Å². The highest BCUT2D eigenvalue weighted by Crippen LogP contribution is 2.12. The van der Waals surface area contributed by atoms with Gasteiger partial charge in [-0.05, 0) is 82.2 Å². The molecule has 0 aromatic rings. The van der Waals surface area contributed by atoms with E-state index < -0.39 is 90.3 Å². The molecule has 0 saturated carbocycles. The average molecular weight is 804 g/mol. The molecule has 0 aliphatic heterocycles. The van der Waals surface area contributed by atoms with Crippen molar-refractivity contribution >= 4 is 54.0 Å². The summed E-state index contributed by atoms with van der Waals surface area (Å²) in [5.74, 6) is -6.02. The van der Waals surface area contributed by atoms with Gasteiger partial charge in [-0.15, -0.1) is 0 Å². The Balaban J connectivity index is 5.89. The number of aliphatic carboxylic acids is 1. The van der Waals surface area contributed by atoms with Crippen LogP contribution in [-0.4, -0.2) is 119 Å². The zero-order chi connectivity index (χ0) is 42.2. The maximum absolute atomic E-state index is 13.6. The van der Waals surface area contributed by atoms with E-state index in [0.717, 1.165) is 0 Å². The highest BCUT2D eigenvalue weighted by molar-refractivity contribution is 7.80. The Hall–Kier alpha value is -3.52. The number of carbonyl (C=O) groups excluding carboxylic acids is 6. The van der Waals surface area contributed by atoms with Gasteiger partial charge in [-0.1, -0.05) is 48.0 Å². The number of aliphatic hydroxyl groups excluding tert-OH is 1. The normalized spacial score (nSPS) is 15.2. The molecule has 7 atom stereocenters. The number of carbonyl (C=O) groups is 7. The topological polar surface area (TPSA) is 310 Å². The van der Waals surface area contributed by atoms with Crippen molar-refractivity contribution in [3.05, 3.63) is 0 Å². The van der Waals surface area contributed by atoms with Crippen LogP contribution in [0.4, 0.5) is 0 Å². The molecule has 7 unspecified atom stereocenters. The minimum absolute atomic E-state index is 0.0217. The molecule has 0 aromatic carbocycles. The van der Waals surface area contributed by atoms with Gasteiger partial charge in [0.2, 0.25) is 35.4 Å². The van der Waals surface area contributed by atoms with E-state index in [1.54, 1.807) is 0 Å². The molecule has 0 bridgehead atoms. The van der Waals surface area contributed by atoms with Crippen LogP contribution >= 0.6 is 12.6 Å². The maximum Gasteiger partial charge on any atom is 0.326 e. The number of nitrogens with one attached hydrogen (secondary N) is 6. The number of nitrogens with two attached hydrogens (primary N) is 3. The lowest BCUT2D eigenvalue weighted by molar-refractivity contribution is -0.143. The number of amides is 6. The van der Waals surface area contributed by atoms with Gasteiger partial charge < -0.3 is 59.3 Å². The van der Waals surface area contributed by atoms with Crippen LogP contribution in [0.5, 0.6) is 0 Å². The molecule has 0 aliphatic rings. The molecule has 318 valence electrons. The minimum atomic E-state index is -1.52. The zero-order valence-electron chi connectivity index (χ0n) is 33.4. The van der Waals surface area contributed by atoms with Crippen molar-refractivity contribution in [2.75, 3.05) is 25.4 Å². The van der Waals surface area contributed by atoms with Crippen molar-refractivity contribution in [3.8, 4) is 0 Å². The first-order valence-corrected chi connectivity index (χ1v) is 19.9. The fourth-order valence-electron chi connectivity index (χ4n) is 5.53. The van der Waals surface area contributed by atoms with Crippen molar-refractivity contribution < 1.29 is 43.8 Å². The van der Waals surface area contributed by atoms with E-state index in [-0.39, 0.29) is 49.2 Å². The second-order valence-corrected chi connectivity index (χ2v) is 15.5. The molecule has 0 fully saturated rings. The van der Waals surface area contributed by atoms with Gasteiger partial charge in [-0.25, -0.2) is 4.79 Å². The molecule has 19 heteroatoms. The first-order chi connectivity index (χ1) is 25.8. The smallest absolute Gasteiger partial charge is 0.326 e. The van der Waals surface area contributed by atoms with Crippen LogP contribution in [0.1, 0.15) is 99.3 Å². The van der Waals surface area contributed by atoms with Gasteiger partial charge in [0.25, 0.3) is 0 Å². The molecule has 0 saturated heterocycles. The third-order valence-corrected chi connectivity index (χ3v) is 8.88. The summed E-state index contributed by atoms with van der Waals surface area (Å²) in [6.07, 6.45) is 3.40. The van der Waals surface area contributed by atoms with Gasteiger partial charge in [0.15, 0.2) is 0 Å². The summed E-state index contributed by atoms with van der Waals surface area (Å²) in [6.45, 7) is 10.9. The van der Waals surface area contributed by atoms with Crippen LogP contribution in [0.2, 0.25) is 0 Å². The second kappa shape index (κ2) is 28.0. The molecular formula is C36H69N9O9S. The maximum atomic E-state index is 13.6. The van der Waals surface area contributed by atoms with Gasteiger partial charge in [-0.3, -0.25) is 28.8 Å². The highest BCUT2D eigenvalue weighted by atomic mass is 32.1. The van der Waals surface area contributed by atoms with E-state index in [4.69, 9.17) is 17.2 Å². The van der Waals surface area contributed by atoms with Gasteiger partial charge >= 0.3 is 5.97 Å². The lowest BCUT2D eigenvalue weighted by atomic mass is 9.99. The lowest BCUT2D eigenvalue weighted by Crippen LogP contribution is -2.61. The Morgan fingerprint density at radius 2 is 0.855 bits per heavy atom. The summed E-state index contributed by atoms with van der Waals surface area (Å²) in [7, 11) is 0. The summed E-state index contributed by atoms with van der Waals surface area (Å²) in [5.41, 5.74) is 17.1. The number of aliphatic hydroxyl groups is 1. The summed E-state index contributed by atoms with van der Waals surface area (Å²) < 4.78 is 0. The fraction of sp³-hybridized carbons (Fsp3) is 0.806. The standard InChI is InChI=1S/C36H69N9O9S/c1-20(2)15-25(32(49)41-26(16-21(3)4)33(50)43-27(36(53)54)17-22(5)6)42-35(52)29(19-55)45-34(51)28(18-46)44-31(48)24(12-8-10-14-38)40-30(47)23(39)11-7-9-13-37/h20-29,46,55H,7-19,37-39H2,1-6H3,(H,40,47)(H,41,49)(H,42,52)(H,43,50)(H,44,48)(H,45,51)(H,53,54). The third-order valence-electron chi connectivity index (χ3n) is 8.52. The first kappa shape index (κ1) is 51.5. The highest BCUT2D eigenvalue weighted by Gasteiger charge is 2.34. The van der Waals surface area contributed by atoms with Crippen LogP contribution in [0.15, 0.2) is 0 Å². The van der Waals surface area contributed by atoms with Crippen molar-refractivity contribution in [3.63, 3.8) is 0 Å². The van der Waals surface area contributed by atoms with Gasteiger partial charge in [0.1, 0.15) is 36.3 Å². The van der Waals surface area contributed by atoms with Crippen molar-refractivity contribution in [2.24, 2.45) is 35.0 Å². The van der Waals surface area contributed by atoms with Crippen LogP contribution in [0, 0.1) is 17.8 Å². The van der Waals surface area contributed by atoms with E-state index >= 15 is 0 Å². The molecule has 6 amide bonds. The second-order valence-electron chi connectivity index (χ2n) is 15.1. The van der Waals surface area contributed by atoms with E-state index in [1.807, 2.05) is 41.5 Å². The molecule has 0 heterocycles. The summed E-state index contributed by atoms with van der Waals surface area (Å²) in [6, 6.07) is -8.24. The molecular weight excluding hydrogens is 735 g/mol. The van der Waals surface area contributed by atoms with E-state index in [2.05, 4.69) is 44.5 Å². The molecule has 0 rings (SSSR count). The SMILES string of the molecule is CC(C)CC(NC(=O)C(CC(C)C)NC(=O)C(CC(C)C)NC(=O)C(CS)NC(=O)C(CO)NC(=O)C(CCCCN)NC(=O)C(N)CCCCN)C(=O)O. The molecule has 0 aliphatic carbocycles. The van der Waals surface area contributed by atoms with Crippen molar-refractivity contribution in [1.82, 2.24) is 31.9 Å². The van der Waals surface area contributed by atoms with E-state index in [1.165, 1.54) is 0 Å². The van der Waals surface area contributed by atoms with Gasteiger partial charge in [0, 0.05) is 5.75 Å². The first-order valence-electron chi connectivity index (χ1n) is 19.2. The largest absolute Gasteiger partial charge is 0.480 e. The van der Waals surface area contributed by atoms with E-state index in [9.17, 15) is 43.8 Å². The Kier molecular flexibility index (Phi) is 26.2. The molecule has 18 nitrogen and oxygen atoms in total. The number of thiol groups is 1. The van der Waals surface area contributed by atoms with Crippen LogP contribution in [0.25, 0.3) is 0 Å². The molecule has 55 heavy (non-hydrogen) atoms. The third kappa shape index (κ3) is 21.4. The van der Waals surface area contributed by atoms with Crippen LogP contribution in [-0.2, 0) is 33.6 Å². The predicted octanol–water partition coefficient (Wildman–Crippen LogP) is -1.37. The summed E-state index contributed by atoms with van der Waals surface area (Å²) in [4.78, 5) is 91.4. The Morgan fingerprint density at radius 1 is 0.509 bits per heavy atom. The number of carboxylic acid groups (broad SMARTS) is 1. The number of unbranched alkanes of at least 4 members (excludes halogenated alkanes) is 2. The number of hydrogen-bond donors (Lipinski definition) is 12. The number of hydrogen-bond acceptors (Lipinski definition) is 12. The number of rotatable bonds is 29. The van der Waals surface area contributed by atoms with Crippen LogP contribution < -0.4 is 49.1 Å². The lowest BCUT2D eigenvalue weighted by Gasteiger charge is -2.28. The van der Waals surface area contributed by atoms with Gasteiger partial charge in [0.05, 0.1) is 12.6 Å². The van der Waals surface area contributed by atoms with Gasteiger partial charge in [-0.2, -0.15) is 12.6 Å². The monoisotopic (exact) mass is 803 g/mol. The van der Waals surface area contributed by atoms with Crippen LogP contribution in [0.3, 0.4) is 0 Å². The summed E-state index contributed by atoms with van der Waals surface area (Å²) in [5, 5.41) is 35.0. The molecule has 0 radical (unpaired) electrons. The number of carboxylic acids is 1. The molecule has 14 N–H and O–H groups in total. The van der Waals surface area contributed by atoms with Crippen molar-refractivity contribution in [2.45, 2.75) is 142 Å². The molecule has 0 aromatic heterocycles. The Bertz CT molecular complexity index is 1230. The zero-order valence-corrected chi connectivity index (χ0v) is 34.3. The minimum Gasteiger partial charge on any atom is -0.480 e. The Morgan fingerprint density at radius 3 is 1.27 bits per heavy atom. The predicted molar refractivity (Wildman–Crippen MR) is 212 cm³/mol. The van der Waals surface area contributed by atoms with Crippen molar-refractivity contribution in [1.29, 1.82) is 0 Å². The van der Waals surface area contributed by atoms with E-state index in [0.29, 0.717) is 45.2 Å². The summed E-state index contributed by atoms with van der Waals surface area (Å²) >= 11 is 4.20. The quantitative estimate of drug-likeness (QED) is 0.0308. The fourth-order valence-corrected chi connectivity index (χ4v) is 5.79. The molecule has 0 spiro atoms. The average Bonchev–Trinajstić information content (AvgIpc) is 3.10.